The number of hydrogen-bond donors (Lipinski definition) is 0. The van der Waals surface area contributed by atoms with Crippen LogP contribution >= 0.6 is 0 Å². The van der Waals surface area contributed by atoms with Gasteiger partial charge in [-0.25, -0.2) is 0 Å². The Balaban J connectivity index is 0.00000243. The average molecular weight is 887 g/mol. The third-order valence-corrected chi connectivity index (χ3v) is 15.0. The van der Waals surface area contributed by atoms with Gasteiger partial charge in [-0.15, -0.1) is 0 Å². The Bertz CT molecular complexity index is 3760. The molecule has 0 N–H and O–H groups in total. The monoisotopic (exact) mass is 886 g/mol. The van der Waals surface area contributed by atoms with Gasteiger partial charge in [-0.2, -0.15) is 0 Å². The van der Waals surface area contributed by atoms with Crippen LogP contribution in [0.3, 0.4) is 0 Å². The smallest absolute Gasteiger partial charge is 0.0731 e. The Hall–Kier alpha value is -8.20. The highest BCUT2D eigenvalue weighted by Gasteiger charge is 2.53. The summed E-state index contributed by atoms with van der Waals surface area (Å²) in [6.45, 7) is 12.8. The van der Waals surface area contributed by atoms with Crippen LogP contribution in [0.4, 0.5) is 34.1 Å². The summed E-state index contributed by atoms with van der Waals surface area (Å²) in [5.74, 6) is 0. The maximum absolute atomic E-state index is 2.54. The molecule has 11 aromatic carbocycles. The SMILES string of the molecule is CC.Cc1ccc(N(c2ccccc2)c2ccc3cc4c(cc3c2)C2(c3ccccc3-c3ccccc32)c2c-4c3ccccc3c3cc(N(c4ccccc4)c4ccc(C)c(C)c4)ccc23)cc1C. The standard InChI is InChI=1S/C65H48N2.C2H6/c1-41-27-30-49(35-43(41)3)66(47-17-7-5-8-18-47)51-32-29-45-38-59-62(39-46(45)37-51)65(60-25-15-13-22-54(60)55-23-14-16-26-61(55)65)64-57-34-33-52(40-58(57)53-21-11-12-24-56(53)63(59)64)67(48-19-9-6-10-20-48)50-31-28-42(2)44(4)36-50;1-2/h5-40H,1-4H3;1-2H3. The number of para-hydroxylation sites is 2. The predicted octanol–water partition coefficient (Wildman–Crippen LogP) is 18.7. The van der Waals surface area contributed by atoms with E-state index in [-0.39, 0.29) is 0 Å². The molecule has 0 unspecified atom stereocenters. The van der Waals surface area contributed by atoms with Crippen molar-refractivity contribution in [2.24, 2.45) is 0 Å². The molecule has 0 heterocycles. The average Bonchev–Trinajstić information content (AvgIpc) is 3.86. The van der Waals surface area contributed by atoms with Crippen LogP contribution in [-0.4, -0.2) is 0 Å². The first-order chi connectivity index (χ1) is 33.9. The van der Waals surface area contributed by atoms with Gasteiger partial charge in [0.2, 0.25) is 0 Å². The van der Waals surface area contributed by atoms with Gasteiger partial charge in [0.25, 0.3) is 0 Å². The van der Waals surface area contributed by atoms with Crippen LogP contribution in [-0.2, 0) is 5.41 Å². The van der Waals surface area contributed by atoms with E-state index in [9.17, 15) is 0 Å². The second-order valence-corrected chi connectivity index (χ2v) is 18.7. The summed E-state index contributed by atoms with van der Waals surface area (Å²) in [7, 11) is 0. The lowest BCUT2D eigenvalue weighted by Gasteiger charge is -2.32. The summed E-state index contributed by atoms with van der Waals surface area (Å²) in [4.78, 5) is 4.82. The van der Waals surface area contributed by atoms with E-state index in [1.165, 1.54) is 99.1 Å². The predicted molar refractivity (Wildman–Crippen MR) is 295 cm³/mol. The van der Waals surface area contributed by atoms with Crippen LogP contribution in [0, 0.1) is 27.7 Å². The lowest BCUT2D eigenvalue weighted by atomic mass is 9.69. The number of anilines is 6. The van der Waals surface area contributed by atoms with Crippen LogP contribution in [0.25, 0.3) is 54.6 Å². The molecule has 11 aromatic rings. The lowest BCUT2D eigenvalue weighted by Crippen LogP contribution is -2.26. The molecule has 0 fully saturated rings. The van der Waals surface area contributed by atoms with Crippen molar-refractivity contribution in [3.05, 3.63) is 263 Å². The summed E-state index contributed by atoms with van der Waals surface area (Å²) in [6.07, 6.45) is 0. The third kappa shape index (κ3) is 6.39. The molecular formula is C67H54N2. The van der Waals surface area contributed by atoms with Crippen molar-refractivity contribution in [2.75, 3.05) is 9.80 Å². The molecule has 1 spiro atoms. The molecular weight excluding hydrogens is 833 g/mol. The first kappa shape index (κ1) is 42.2. The van der Waals surface area contributed by atoms with Gasteiger partial charge in [0.1, 0.15) is 0 Å². The van der Waals surface area contributed by atoms with Crippen molar-refractivity contribution in [3.63, 3.8) is 0 Å². The highest BCUT2D eigenvalue weighted by Crippen LogP contribution is 2.66. The molecule has 0 radical (unpaired) electrons. The maximum Gasteiger partial charge on any atom is 0.0731 e. The first-order valence-electron chi connectivity index (χ1n) is 24.5. The number of aryl methyl sites for hydroxylation is 4. The maximum atomic E-state index is 2.54. The Labute approximate surface area is 406 Å². The fourth-order valence-corrected chi connectivity index (χ4v) is 11.6. The van der Waals surface area contributed by atoms with Gasteiger partial charge in [-0.05, 0) is 212 Å². The fourth-order valence-electron chi connectivity index (χ4n) is 11.6. The fraction of sp³-hybridized carbons (Fsp3) is 0.104. The van der Waals surface area contributed by atoms with Crippen LogP contribution in [0.2, 0.25) is 0 Å². The van der Waals surface area contributed by atoms with E-state index in [4.69, 9.17) is 0 Å². The van der Waals surface area contributed by atoms with E-state index < -0.39 is 5.41 Å². The Morgan fingerprint density at radius 3 is 1.35 bits per heavy atom. The summed E-state index contributed by atoms with van der Waals surface area (Å²) >= 11 is 0. The molecule has 69 heavy (non-hydrogen) atoms. The van der Waals surface area contributed by atoms with E-state index in [1.807, 2.05) is 13.8 Å². The second kappa shape index (κ2) is 16.5. The van der Waals surface area contributed by atoms with Gasteiger partial charge < -0.3 is 9.80 Å². The van der Waals surface area contributed by atoms with E-state index in [1.54, 1.807) is 0 Å². The normalized spacial score (nSPS) is 12.6. The lowest BCUT2D eigenvalue weighted by molar-refractivity contribution is 0.803. The van der Waals surface area contributed by atoms with Crippen molar-refractivity contribution in [2.45, 2.75) is 47.0 Å². The number of fused-ring (bicyclic) bond motifs is 16. The molecule has 0 saturated heterocycles. The Kier molecular flexibility index (Phi) is 10.1. The van der Waals surface area contributed by atoms with Gasteiger partial charge in [-0.1, -0.05) is 147 Å². The largest absolute Gasteiger partial charge is 0.310 e. The number of benzene rings is 11. The summed E-state index contributed by atoms with van der Waals surface area (Å²) in [5.41, 5.74) is 22.0. The minimum Gasteiger partial charge on any atom is -0.310 e. The van der Waals surface area contributed by atoms with Crippen LogP contribution in [0.5, 0.6) is 0 Å². The van der Waals surface area contributed by atoms with Gasteiger partial charge in [0.05, 0.1) is 5.41 Å². The highest BCUT2D eigenvalue weighted by molar-refractivity contribution is 6.21. The molecule has 0 amide bonds. The first-order valence-corrected chi connectivity index (χ1v) is 24.5. The Morgan fingerprint density at radius 1 is 0.290 bits per heavy atom. The van der Waals surface area contributed by atoms with Gasteiger partial charge in [0.15, 0.2) is 0 Å². The molecule has 2 nitrogen and oxygen atoms in total. The number of hydrogen-bond acceptors (Lipinski definition) is 2. The van der Waals surface area contributed by atoms with Crippen molar-refractivity contribution in [1.29, 1.82) is 0 Å². The molecule has 13 rings (SSSR count). The molecule has 332 valence electrons. The molecule has 0 atom stereocenters. The number of nitrogens with zero attached hydrogens (tertiary/aromatic N) is 2. The zero-order valence-corrected chi connectivity index (χ0v) is 40.2. The van der Waals surface area contributed by atoms with Crippen molar-refractivity contribution >= 4 is 66.4 Å². The van der Waals surface area contributed by atoms with E-state index in [2.05, 4.69) is 256 Å². The van der Waals surface area contributed by atoms with Crippen molar-refractivity contribution in [3.8, 4) is 22.3 Å². The van der Waals surface area contributed by atoms with Gasteiger partial charge >= 0.3 is 0 Å². The zero-order valence-electron chi connectivity index (χ0n) is 40.2. The minimum atomic E-state index is -0.563. The molecule has 0 aliphatic heterocycles. The zero-order chi connectivity index (χ0) is 47.0. The minimum absolute atomic E-state index is 0.563. The summed E-state index contributed by atoms with van der Waals surface area (Å²) < 4.78 is 0. The summed E-state index contributed by atoms with van der Waals surface area (Å²) in [6, 6.07) is 82.1. The van der Waals surface area contributed by atoms with Crippen molar-refractivity contribution < 1.29 is 0 Å². The molecule has 0 saturated carbocycles. The molecule has 2 heteroatoms. The Morgan fingerprint density at radius 2 is 0.768 bits per heavy atom. The topological polar surface area (TPSA) is 6.48 Å². The molecule has 2 aliphatic rings. The van der Waals surface area contributed by atoms with E-state index in [0.717, 1.165) is 34.1 Å². The molecule has 0 aromatic heterocycles. The number of rotatable bonds is 6. The molecule has 0 bridgehead atoms. The van der Waals surface area contributed by atoms with E-state index in [0.29, 0.717) is 0 Å². The quantitative estimate of drug-likeness (QED) is 0.154. The highest BCUT2D eigenvalue weighted by atomic mass is 15.1. The third-order valence-electron chi connectivity index (χ3n) is 15.0. The van der Waals surface area contributed by atoms with E-state index >= 15 is 0 Å². The van der Waals surface area contributed by atoms with Crippen molar-refractivity contribution in [1.82, 2.24) is 0 Å². The molecule has 2 aliphatic carbocycles. The van der Waals surface area contributed by atoms with Gasteiger partial charge in [0, 0.05) is 34.1 Å². The van der Waals surface area contributed by atoms with Crippen LogP contribution in [0.15, 0.2) is 218 Å². The van der Waals surface area contributed by atoms with Crippen LogP contribution < -0.4 is 9.80 Å². The van der Waals surface area contributed by atoms with Gasteiger partial charge in [-0.3, -0.25) is 0 Å². The second-order valence-electron chi connectivity index (χ2n) is 18.7. The summed E-state index contributed by atoms with van der Waals surface area (Å²) in [5, 5.41) is 7.52. The van der Waals surface area contributed by atoms with Crippen LogP contribution in [0.1, 0.15) is 58.4 Å².